The normalized spacial score (nSPS) is 10.7. The Bertz CT molecular complexity index is 808. The highest BCUT2D eigenvalue weighted by Gasteiger charge is 2.09. The summed E-state index contributed by atoms with van der Waals surface area (Å²) in [5.41, 5.74) is 2.33. The van der Waals surface area contributed by atoms with E-state index in [-0.39, 0.29) is 12.3 Å². The van der Waals surface area contributed by atoms with Crippen LogP contribution in [0.3, 0.4) is 0 Å². The molecule has 7 heteroatoms. The Morgan fingerprint density at radius 1 is 1.35 bits per heavy atom. The Balaban J connectivity index is 1.58. The number of carbonyl (C=O) groups excluding carboxylic acids is 1. The Morgan fingerprint density at radius 3 is 2.83 bits per heavy atom. The number of halogens is 1. The number of nitrogens with zero attached hydrogens (tertiary/aromatic N) is 3. The first-order valence-corrected chi connectivity index (χ1v) is 7.45. The fraction of sp³-hybridized carbons (Fsp3) is 0.188. The monoisotopic (exact) mass is 330 g/mol. The number of anilines is 1. The number of aromatic nitrogens is 3. The van der Waals surface area contributed by atoms with E-state index in [0.29, 0.717) is 28.7 Å². The molecule has 3 aromatic rings. The molecule has 0 aliphatic heterocycles. The first-order chi connectivity index (χ1) is 11.1. The van der Waals surface area contributed by atoms with Crippen LogP contribution in [0.4, 0.5) is 5.69 Å². The molecule has 0 aliphatic rings. The van der Waals surface area contributed by atoms with Crippen molar-refractivity contribution < 1.29 is 9.32 Å². The molecular formula is C16H15ClN4O2. The van der Waals surface area contributed by atoms with Crippen LogP contribution in [0.5, 0.6) is 0 Å². The predicted octanol–water partition coefficient (Wildman–Crippen LogP) is 3.06. The zero-order chi connectivity index (χ0) is 16.2. The number of aryl methyl sites for hydroxylation is 1. The van der Waals surface area contributed by atoms with Gasteiger partial charge in [-0.1, -0.05) is 28.9 Å². The van der Waals surface area contributed by atoms with E-state index in [1.807, 2.05) is 24.3 Å². The average Bonchev–Trinajstić information content (AvgIpc) is 3.11. The van der Waals surface area contributed by atoms with Crippen molar-refractivity contribution in [3.05, 3.63) is 64.8 Å². The minimum absolute atomic E-state index is 0.163. The van der Waals surface area contributed by atoms with Gasteiger partial charge in [0.25, 0.3) is 0 Å². The van der Waals surface area contributed by atoms with E-state index in [1.165, 1.54) is 0 Å². The quantitative estimate of drug-likeness (QED) is 0.780. The molecule has 1 amide bonds. The maximum atomic E-state index is 12.0. The van der Waals surface area contributed by atoms with Crippen LogP contribution in [0.1, 0.15) is 17.0 Å². The van der Waals surface area contributed by atoms with Gasteiger partial charge in [-0.15, -0.1) is 0 Å². The molecule has 0 bridgehead atoms. The third-order valence-corrected chi connectivity index (χ3v) is 3.45. The lowest BCUT2D eigenvalue weighted by Gasteiger charge is -2.02. The molecule has 2 aromatic heterocycles. The molecule has 23 heavy (non-hydrogen) atoms. The smallest absolute Gasteiger partial charge is 0.230 e. The molecule has 0 atom stereocenters. The van der Waals surface area contributed by atoms with Crippen LogP contribution < -0.4 is 5.32 Å². The van der Waals surface area contributed by atoms with Gasteiger partial charge < -0.3 is 9.84 Å². The number of hydrogen-bond acceptors (Lipinski definition) is 4. The molecule has 0 spiro atoms. The maximum absolute atomic E-state index is 12.0. The summed E-state index contributed by atoms with van der Waals surface area (Å²) in [5.74, 6) is 0.521. The van der Waals surface area contributed by atoms with Gasteiger partial charge in [0.15, 0.2) is 0 Å². The summed E-state index contributed by atoms with van der Waals surface area (Å²) < 4.78 is 6.69. The lowest BCUT2D eigenvalue weighted by molar-refractivity contribution is -0.115. The van der Waals surface area contributed by atoms with Crippen molar-refractivity contribution in [1.82, 2.24) is 14.9 Å². The van der Waals surface area contributed by atoms with Crippen molar-refractivity contribution in [3.8, 4) is 0 Å². The van der Waals surface area contributed by atoms with Crippen molar-refractivity contribution in [2.24, 2.45) is 0 Å². The molecule has 0 radical (unpaired) electrons. The van der Waals surface area contributed by atoms with Gasteiger partial charge in [0.1, 0.15) is 5.76 Å². The molecule has 118 valence electrons. The van der Waals surface area contributed by atoms with Crippen LogP contribution in [0.25, 0.3) is 0 Å². The van der Waals surface area contributed by atoms with Crippen molar-refractivity contribution in [1.29, 1.82) is 0 Å². The lowest BCUT2D eigenvalue weighted by Crippen LogP contribution is -2.14. The second-order valence-corrected chi connectivity index (χ2v) is 5.64. The number of rotatable bonds is 5. The molecule has 0 saturated carbocycles. The third kappa shape index (κ3) is 4.20. The van der Waals surface area contributed by atoms with E-state index in [2.05, 4.69) is 15.6 Å². The molecule has 3 rings (SSSR count). The predicted molar refractivity (Wildman–Crippen MR) is 86.4 cm³/mol. The van der Waals surface area contributed by atoms with E-state index in [1.54, 1.807) is 30.1 Å². The van der Waals surface area contributed by atoms with Crippen LogP contribution >= 0.6 is 11.6 Å². The molecule has 6 nitrogen and oxygen atoms in total. The van der Waals surface area contributed by atoms with E-state index in [4.69, 9.17) is 16.1 Å². The minimum Gasteiger partial charge on any atom is -0.361 e. The number of amides is 1. The van der Waals surface area contributed by atoms with Gasteiger partial charge in [0, 0.05) is 17.3 Å². The molecule has 1 N–H and O–H groups in total. The molecule has 1 aromatic carbocycles. The summed E-state index contributed by atoms with van der Waals surface area (Å²) in [6, 6.07) is 9.29. The molecule has 0 saturated heterocycles. The standard InChI is InChI=1S/C16H15ClN4O2/c1-11-6-14(20-23-11)7-16(22)19-15-8-18-21(10-15)9-12-2-4-13(17)5-3-12/h2-6,8,10H,7,9H2,1H3,(H,19,22). The lowest BCUT2D eigenvalue weighted by atomic mass is 10.2. The fourth-order valence-corrected chi connectivity index (χ4v) is 2.29. The van der Waals surface area contributed by atoms with Gasteiger partial charge in [0.05, 0.1) is 30.5 Å². The number of benzene rings is 1. The topological polar surface area (TPSA) is 73.0 Å². The summed E-state index contributed by atoms with van der Waals surface area (Å²) in [6.45, 7) is 2.39. The van der Waals surface area contributed by atoms with Gasteiger partial charge in [-0.05, 0) is 24.6 Å². The van der Waals surface area contributed by atoms with Gasteiger partial charge in [-0.25, -0.2) is 0 Å². The highest BCUT2D eigenvalue weighted by Crippen LogP contribution is 2.12. The van der Waals surface area contributed by atoms with E-state index < -0.39 is 0 Å². The van der Waals surface area contributed by atoms with E-state index >= 15 is 0 Å². The van der Waals surface area contributed by atoms with Crippen LogP contribution in [0.2, 0.25) is 5.02 Å². The molecule has 0 fully saturated rings. The summed E-state index contributed by atoms with van der Waals surface area (Å²) in [4.78, 5) is 12.0. The number of hydrogen-bond donors (Lipinski definition) is 1. The van der Waals surface area contributed by atoms with Crippen LogP contribution in [-0.4, -0.2) is 20.8 Å². The Morgan fingerprint density at radius 2 is 2.13 bits per heavy atom. The van der Waals surface area contributed by atoms with Crippen molar-refractivity contribution in [2.45, 2.75) is 19.9 Å². The Labute approximate surface area is 138 Å². The number of carbonyl (C=O) groups is 1. The SMILES string of the molecule is Cc1cc(CC(=O)Nc2cnn(Cc3ccc(Cl)cc3)c2)no1. The summed E-state index contributed by atoms with van der Waals surface area (Å²) in [5, 5.41) is 11.5. The molecular weight excluding hydrogens is 316 g/mol. The van der Waals surface area contributed by atoms with E-state index in [0.717, 1.165) is 5.56 Å². The van der Waals surface area contributed by atoms with Crippen molar-refractivity contribution in [3.63, 3.8) is 0 Å². The van der Waals surface area contributed by atoms with Gasteiger partial charge in [-0.2, -0.15) is 5.10 Å². The summed E-state index contributed by atoms with van der Waals surface area (Å²) in [6.07, 6.45) is 3.56. The summed E-state index contributed by atoms with van der Waals surface area (Å²) in [7, 11) is 0. The minimum atomic E-state index is -0.163. The Kier molecular flexibility index (Phi) is 4.43. The zero-order valence-corrected chi connectivity index (χ0v) is 13.2. The van der Waals surface area contributed by atoms with Gasteiger partial charge >= 0.3 is 0 Å². The van der Waals surface area contributed by atoms with Crippen molar-refractivity contribution in [2.75, 3.05) is 5.32 Å². The van der Waals surface area contributed by atoms with Gasteiger partial charge in [-0.3, -0.25) is 9.48 Å². The van der Waals surface area contributed by atoms with Crippen LogP contribution in [-0.2, 0) is 17.8 Å². The average molecular weight is 331 g/mol. The maximum Gasteiger partial charge on any atom is 0.230 e. The van der Waals surface area contributed by atoms with Crippen molar-refractivity contribution >= 4 is 23.2 Å². The first kappa shape index (κ1) is 15.3. The Hall–Kier alpha value is -2.60. The molecule has 0 unspecified atom stereocenters. The third-order valence-electron chi connectivity index (χ3n) is 3.19. The van der Waals surface area contributed by atoms with Gasteiger partial charge in [0.2, 0.25) is 5.91 Å². The second kappa shape index (κ2) is 6.66. The summed E-state index contributed by atoms with van der Waals surface area (Å²) >= 11 is 5.86. The highest BCUT2D eigenvalue weighted by atomic mass is 35.5. The fourth-order valence-electron chi connectivity index (χ4n) is 2.16. The van der Waals surface area contributed by atoms with Crippen LogP contribution in [0.15, 0.2) is 47.2 Å². The zero-order valence-electron chi connectivity index (χ0n) is 12.5. The number of nitrogens with one attached hydrogen (secondary N) is 1. The molecule has 0 aliphatic carbocycles. The second-order valence-electron chi connectivity index (χ2n) is 5.21. The van der Waals surface area contributed by atoms with Crippen LogP contribution in [0, 0.1) is 6.92 Å². The molecule has 2 heterocycles. The van der Waals surface area contributed by atoms with E-state index in [9.17, 15) is 4.79 Å². The largest absolute Gasteiger partial charge is 0.361 e. The highest BCUT2D eigenvalue weighted by molar-refractivity contribution is 6.30. The first-order valence-electron chi connectivity index (χ1n) is 7.07.